The monoisotopic (exact) mass is 381 g/mol. The molecule has 6 nitrogen and oxygen atoms in total. The number of aliphatic imine (C=N–C) groups is 1. The molecular formula is C20H19N3O3S. The minimum absolute atomic E-state index is 0.298. The molecule has 1 fully saturated rings. The van der Waals surface area contributed by atoms with Gasteiger partial charge in [-0.3, -0.25) is 4.79 Å². The van der Waals surface area contributed by atoms with Gasteiger partial charge < -0.3 is 14.5 Å². The molecule has 0 saturated carbocycles. The number of nitrogens with zero attached hydrogens (tertiary/aromatic N) is 3. The Labute approximate surface area is 161 Å². The molecule has 7 heteroatoms. The van der Waals surface area contributed by atoms with Gasteiger partial charge in [-0.15, -0.1) is 0 Å². The van der Waals surface area contributed by atoms with Crippen LogP contribution in [0.15, 0.2) is 65.7 Å². The number of amidine groups is 1. The summed E-state index contributed by atoms with van der Waals surface area (Å²) in [6.07, 6.45) is -0.724. The van der Waals surface area contributed by atoms with E-state index >= 15 is 0 Å². The third-order valence-corrected chi connectivity index (χ3v) is 5.63. The lowest BCUT2D eigenvalue weighted by Crippen LogP contribution is -2.59. The van der Waals surface area contributed by atoms with Crippen LogP contribution in [0.2, 0.25) is 0 Å². The molecular weight excluding hydrogens is 362 g/mol. The Morgan fingerprint density at radius 3 is 2.52 bits per heavy atom. The maximum absolute atomic E-state index is 12.8. The highest BCUT2D eigenvalue weighted by Gasteiger charge is 2.46. The summed E-state index contributed by atoms with van der Waals surface area (Å²) in [7, 11) is 1.82. The van der Waals surface area contributed by atoms with Gasteiger partial charge in [0.2, 0.25) is 6.23 Å². The van der Waals surface area contributed by atoms with E-state index in [1.165, 1.54) is 11.8 Å². The average Bonchev–Trinajstić information content (AvgIpc) is 3.17. The van der Waals surface area contributed by atoms with Crippen LogP contribution in [-0.4, -0.2) is 53.6 Å². The van der Waals surface area contributed by atoms with Gasteiger partial charge in [0.05, 0.1) is 5.56 Å². The summed E-state index contributed by atoms with van der Waals surface area (Å²) in [6.45, 7) is 0.683. The van der Waals surface area contributed by atoms with Crippen molar-refractivity contribution in [3.05, 3.63) is 66.2 Å². The van der Waals surface area contributed by atoms with Crippen LogP contribution in [0.3, 0.4) is 0 Å². The Hall–Kier alpha value is -2.80. The third kappa shape index (κ3) is 3.42. The largest absolute Gasteiger partial charge is 0.435 e. The summed E-state index contributed by atoms with van der Waals surface area (Å²) in [5.41, 5.74) is 1.32. The van der Waals surface area contributed by atoms with E-state index in [-0.39, 0.29) is 5.91 Å². The zero-order chi connectivity index (χ0) is 18.8. The zero-order valence-electron chi connectivity index (χ0n) is 14.8. The fraction of sp³-hybridized carbons (Fsp3) is 0.250. The van der Waals surface area contributed by atoms with Crippen molar-refractivity contribution >= 4 is 34.5 Å². The number of benzene rings is 2. The fourth-order valence-electron chi connectivity index (χ4n) is 3.26. The number of likely N-dealkylation sites (N-methyl/N-ethyl adjacent to an activating group) is 1. The highest BCUT2D eigenvalue weighted by atomic mass is 32.2. The van der Waals surface area contributed by atoms with Crippen LogP contribution in [0, 0.1) is 0 Å². The highest BCUT2D eigenvalue weighted by Crippen LogP contribution is 2.31. The number of rotatable bonds is 4. The quantitative estimate of drug-likeness (QED) is 0.759. The molecule has 2 aliphatic rings. The SMILES string of the molecule is CN(c1ccccc1)C1C(=O)N=C2SCCN2C1OC(=O)c1ccccc1. The predicted molar refractivity (Wildman–Crippen MR) is 106 cm³/mol. The molecule has 2 aliphatic heterocycles. The first kappa shape index (κ1) is 17.6. The molecule has 2 heterocycles. The average molecular weight is 381 g/mol. The fourth-order valence-corrected chi connectivity index (χ4v) is 4.25. The molecule has 4 rings (SSSR count). The smallest absolute Gasteiger partial charge is 0.340 e. The number of anilines is 1. The number of amides is 1. The van der Waals surface area contributed by atoms with E-state index in [0.717, 1.165) is 11.4 Å². The third-order valence-electron chi connectivity index (χ3n) is 4.66. The Kier molecular flexibility index (Phi) is 4.85. The Morgan fingerprint density at radius 1 is 1.15 bits per heavy atom. The Bertz CT molecular complexity index is 873. The molecule has 0 N–H and O–H groups in total. The predicted octanol–water partition coefficient (Wildman–Crippen LogP) is 2.62. The molecule has 1 saturated heterocycles. The van der Waals surface area contributed by atoms with E-state index in [1.54, 1.807) is 24.3 Å². The normalized spacial score (nSPS) is 21.4. The van der Waals surface area contributed by atoms with Crippen LogP contribution in [-0.2, 0) is 9.53 Å². The van der Waals surface area contributed by atoms with E-state index in [2.05, 4.69) is 4.99 Å². The maximum Gasteiger partial charge on any atom is 0.340 e. The van der Waals surface area contributed by atoms with Crippen molar-refractivity contribution in [2.45, 2.75) is 12.3 Å². The summed E-state index contributed by atoms with van der Waals surface area (Å²) in [6, 6.07) is 17.7. The summed E-state index contributed by atoms with van der Waals surface area (Å²) >= 11 is 1.51. The number of hydrogen-bond donors (Lipinski definition) is 0. The molecule has 2 atom stereocenters. The van der Waals surface area contributed by atoms with E-state index in [4.69, 9.17) is 4.74 Å². The van der Waals surface area contributed by atoms with Crippen LogP contribution in [0.25, 0.3) is 0 Å². The van der Waals surface area contributed by atoms with E-state index < -0.39 is 18.2 Å². The molecule has 1 amide bonds. The van der Waals surface area contributed by atoms with Crippen molar-refractivity contribution in [3.8, 4) is 0 Å². The summed E-state index contributed by atoms with van der Waals surface area (Å²) in [5.74, 6) is 0.0682. The first-order valence-corrected chi connectivity index (χ1v) is 9.69. The first-order valence-electron chi connectivity index (χ1n) is 8.71. The number of carbonyl (C=O) groups is 2. The number of hydrogen-bond acceptors (Lipinski definition) is 6. The molecule has 138 valence electrons. The second kappa shape index (κ2) is 7.44. The minimum Gasteiger partial charge on any atom is -0.435 e. The van der Waals surface area contributed by atoms with Crippen molar-refractivity contribution in [2.24, 2.45) is 4.99 Å². The van der Waals surface area contributed by atoms with Crippen molar-refractivity contribution < 1.29 is 14.3 Å². The number of fused-ring (bicyclic) bond motifs is 1. The summed E-state index contributed by atoms with van der Waals surface area (Å²) < 4.78 is 5.85. The van der Waals surface area contributed by atoms with Gasteiger partial charge >= 0.3 is 5.97 Å². The molecule has 2 unspecified atom stereocenters. The second-order valence-electron chi connectivity index (χ2n) is 6.33. The lowest BCUT2D eigenvalue weighted by molar-refractivity contribution is -0.125. The summed E-state index contributed by atoms with van der Waals surface area (Å²) in [5, 5.41) is 0.628. The van der Waals surface area contributed by atoms with Gasteiger partial charge in [-0.1, -0.05) is 48.2 Å². The van der Waals surface area contributed by atoms with Gasteiger partial charge in [0.25, 0.3) is 5.91 Å². The number of carbonyl (C=O) groups excluding carboxylic acids is 2. The van der Waals surface area contributed by atoms with Gasteiger partial charge in [-0.25, -0.2) is 4.79 Å². The lowest BCUT2D eigenvalue weighted by atomic mass is 10.1. The number of ether oxygens (including phenoxy) is 1. The van der Waals surface area contributed by atoms with Crippen LogP contribution >= 0.6 is 11.8 Å². The van der Waals surface area contributed by atoms with Crippen LogP contribution in [0.1, 0.15) is 10.4 Å². The number of para-hydroxylation sites is 1. The molecule has 0 spiro atoms. The topological polar surface area (TPSA) is 62.2 Å². The molecule has 0 radical (unpaired) electrons. The minimum atomic E-state index is -0.724. The first-order chi connectivity index (χ1) is 13.1. The van der Waals surface area contributed by atoms with Gasteiger partial charge in [0.1, 0.15) is 0 Å². The van der Waals surface area contributed by atoms with E-state index in [0.29, 0.717) is 17.3 Å². The van der Waals surface area contributed by atoms with Gasteiger partial charge in [-0.05, 0) is 24.3 Å². The number of esters is 1. The molecule has 0 bridgehead atoms. The van der Waals surface area contributed by atoms with Crippen LogP contribution < -0.4 is 4.90 Å². The molecule has 27 heavy (non-hydrogen) atoms. The molecule has 0 aromatic heterocycles. The Balaban J connectivity index is 1.67. The van der Waals surface area contributed by atoms with Gasteiger partial charge in [-0.2, -0.15) is 4.99 Å². The number of thioether (sulfide) groups is 1. The standard InChI is InChI=1S/C20H19N3O3S/c1-22(15-10-6-3-7-11-15)16-17(24)21-20-23(12-13-27-20)18(16)26-19(25)14-8-4-2-5-9-14/h2-11,16,18H,12-13H2,1H3. The Morgan fingerprint density at radius 2 is 1.81 bits per heavy atom. The van der Waals surface area contributed by atoms with Crippen molar-refractivity contribution in [1.82, 2.24) is 4.90 Å². The van der Waals surface area contributed by atoms with Crippen molar-refractivity contribution in [2.75, 3.05) is 24.2 Å². The second-order valence-corrected chi connectivity index (χ2v) is 7.39. The van der Waals surface area contributed by atoms with Gasteiger partial charge in [0, 0.05) is 25.0 Å². The summed E-state index contributed by atoms with van der Waals surface area (Å²) in [4.78, 5) is 33.5. The van der Waals surface area contributed by atoms with Crippen molar-refractivity contribution in [1.29, 1.82) is 0 Å². The maximum atomic E-state index is 12.8. The lowest BCUT2D eigenvalue weighted by Gasteiger charge is -2.40. The van der Waals surface area contributed by atoms with E-state index in [1.807, 2.05) is 53.2 Å². The molecule has 2 aromatic carbocycles. The van der Waals surface area contributed by atoms with Gasteiger partial charge in [0.15, 0.2) is 11.2 Å². The highest BCUT2D eigenvalue weighted by molar-refractivity contribution is 8.14. The van der Waals surface area contributed by atoms with E-state index in [9.17, 15) is 9.59 Å². The molecule has 2 aromatic rings. The zero-order valence-corrected chi connectivity index (χ0v) is 15.6. The molecule has 0 aliphatic carbocycles. The van der Waals surface area contributed by atoms with Crippen LogP contribution in [0.4, 0.5) is 5.69 Å². The van der Waals surface area contributed by atoms with Crippen LogP contribution in [0.5, 0.6) is 0 Å². The van der Waals surface area contributed by atoms with Crippen molar-refractivity contribution in [3.63, 3.8) is 0 Å².